The summed E-state index contributed by atoms with van der Waals surface area (Å²) in [7, 11) is 0. The minimum absolute atomic E-state index is 0.0881. The van der Waals surface area contributed by atoms with Crippen LogP contribution in [0.5, 0.6) is 0 Å². The molecule has 0 atom stereocenters. The third-order valence-corrected chi connectivity index (χ3v) is 4.04. The normalized spacial score (nSPS) is 14.9. The molecule has 1 saturated heterocycles. The van der Waals surface area contributed by atoms with Crippen LogP contribution in [0.2, 0.25) is 0 Å². The lowest BCUT2D eigenvalue weighted by Gasteiger charge is -2.35. The first-order chi connectivity index (χ1) is 11.4. The Morgan fingerprint density at radius 1 is 1.21 bits per heavy atom. The fraction of sp³-hybridized carbons (Fsp3) is 0.647. The van der Waals surface area contributed by atoms with E-state index in [1.165, 1.54) is 6.92 Å². The maximum absolute atomic E-state index is 12.2. The molecule has 2 amide bonds. The predicted octanol–water partition coefficient (Wildman–Crippen LogP) is 1.08. The average molecular weight is 333 g/mol. The molecule has 24 heavy (non-hydrogen) atoms. The molecule has 2 heterocycles. The summed E-state index contributed by atoms with van der Waals surface area (Å²) in [6, 6.07) is 2.00. The molecule has 1 N–H and O–H groups in total. The SMILES string of the molecule is CC(=O)NCCC(=O)N1CCN(c2cc(C)nc(C(C)C)n2)CC1. The molecule has 1 aromatic rings. The third-order valence-electron chi connectivity index (χ3n) is 4.04. The van der Waals surface area contributed by atoms with Gasteiger partial charge in [0.15, 0.2) is 0 Å². The van der Waals surface area contributed by atoms with Crippen molar-refractivity contribution in [2.24, 2.45) is 0 Å². The number of aryl methyl sites for hydroxylation is 1. The minimum atomic E-state index is -0.104. The zero-order valence-electron chi connectivity index (χ0n) is 15.0. The van der Waals surface area contributed by atoms with Crippen molar-refractivity contribution >= 4 is 17.6 Å². The van der Waals surface area contributed by atoms with Crippen LogP contribution >= 0.6 is 0 Å². The van der Waals surface area contributed by atoms with Gasteiger partial charge in [0.25, 0.3) is 0 Å². The first-order valence-electron chi connectivity index (χ1n) is 8.49. The van der Waals surface area contributed by atoms with Crippen molar-refractivity contribution in [2.75, 3.05) is 37.6 Å². The maximum atomic E-state index is 12.2. The number of nitrogens with one attached hydrogen (secondary N) is 1. The molecule has 132 valence electrons. The average Bonchev–Trinajstić information content (AvgIpc) is 2.54. The van der Waals surface area contributed by atoms with Crippen LogP contribution < -0.4 is 10.2 Å². The van der Waals surface area contributed by atoms with Gasteiger partial charge in [-0.3, -0.25) is 9.59 Å². The topological polar surface area (TPSA) is 78.4 Å². The molecule has 0 radical (unpaired) electrons. The Morgan fingerprint density at radius 2 is 1.88 bits per heavy atom. The van der Waals surface area contributed by atoms with E-state index >= 15 is 0 Å². The number of aromatic nitrogens is 2. The highest BCUT2D eigenvalue weighted by molar-refractivity contribution is 5.78. The molecule has 0 spiro atoms. The van der Waals surface area contributed by atoms with E-state index in [-0.39, 0.29) is 11.8 Å². The van der Waals surface area contributed by atoms with Crippen LogP contribution in [0, 0.1) is 6.92 Å². The molecule has 0 aliphatic carbocycles. The van der Waals surface area contributed by atoms with Crippen LogP contribution in [0.15, 0.2) is 6.07 Å². The smallest absolute Gasteiger partial charge is 0.224 e. The Morgan fingerprint density at radius 3 is 2.46 bits per heavy atom. The zero-order valence-corrected chi connectivity index (χ0v) is 15.0. The van der Waals surface area contributed by atoms with Gasteiger partial charge in [-0.15, -0.1) is 0 Å². The number of piperazine rings is 1. The summed E-state index contributed by atoms with van der Waals surface area (Å²) in [5, 5.41) is 2.66. The number of rotatable bonds is 5. The Balaban J connectivity index is 1.90. The third kappa shape index (κ3) is 4.91. The lowest BCUT2D eigenvalue weighted by Crippen LogP contribution is -2.49. The van der Waals surface area contributed by atoms with E-state index < -0.39 is 0 Å². The van der Waals surface area contributed by atoms with Gasteiger partial charge in [0, 0.05) is 63.7 Å². The molecule has 0 saturated carbocycles. The van der Waals surface area contributed by atoms with Gasteiger partial charge in [-0.2, -0.15) is 0 Å². The summed E-state index contributed by atoms with van der Waals surface area (Å²) in [5.74, 6) is 2.08. The van der Waals surface area contributed by atoms with Gasteiger partial charge in [0.2, 0.25) is 11.8 Å². The van der Waals surface area contributed by atoms with E-state index in [0.717, 1.165) is 30.4 Å². The fourth-order valence-corrected chi connectivity index (χ4v) is 2.68. The highest BCUT2D eigenvalue weighted by Gasteiger charge is 2.22. The molecule has 1 fully saturated rings. The van der Waals surface area contributed by atoms with Crippen LogP contribution in [-0.2, 0) is 9.59 Å². The molecule has 1 aliphatic rings. The first-order valence-corrected chi connectivity index (χ1v) is 8.49. The lowest BCUT2D eigenvalue weighted by atomic mass is 10.2. The molecular weight excluding hydrogens is 306 g/mol. The van der Waals surface area contributed by atoms with Gasteiger partial charge in [-0.05, 0) is 6.92 Å². The van der Waals surface area contributed by atoms with Gasteiger partial charge in [0.1, 0.15) is 11.6 Å². The van der Waals surface area contributed by atoms with Crippen molar-refractivity contribution in [3.63, 3.8) is 0 Å². The summed E-state index contributed by atoms with van der Waals surface area (Å²) >= 11 is 0. The van der Waals surface area contributed by atoms with E-state index in [1.54, 1.807) is 0 Å². The molecule has 0 unspecified atom stereocenters. The van der Waals surface area contributed by atoms with E-state index in [2.05, 4.69) is 34.0 Å². The Hall–Kier alpha value is -2.18. The summed E-state index contributed by atoms with van der Waals surface area (Å²) in [6.07, 6.45) is 0.351. The summed E-state index contributed by atoms with van der Waals surface area (Å²) < 4.78 is 0. The molecule has 1 aromatic heterocycles. The number of hydrogen-bond donors (Lipinski definition) is 1. The highest BCUT2D eigenvalue weighted by Crippen LogP contribution is 2.18. The fourth-order valence-electron chi connectivity index (χ4n) is 2.68. The van der Waals surface area contributed by atoms with E-state index in [4.69, 9.17) is 0 Å². The van der Waals surface area contributed by atoms with Gasteiger partial charge in [0.05, 0.1) is 0 Å². The molecular formula is C17H27N5O2. The zero-order chi connectivity index (χ0) is 17.7. The lowest BCUT2D eigenvalue weighted by molar-refractivity contribution is -0.131. The minimum Gasteiger partial charge on any atom is -0.356 e. The number of amides is 2. The van der Waals surface area contributed by atoms with Crippen molar-refractivity contribution in [1.82, 2.24) is 20.2 Å². The molecule has 0 aromatic carbocycles. The monoisotopic (exact) mass is 333 g/mol. The number of hydrogen-bond acceptors (Lipinski definition) is 5. The van der Waals surface area contributed by atoms with E-state index in [0.29, 0.717) is 32.0 Å². The summed E-state index contributed by atoms with van der Waals surface area (Å²) in [5.41, 5.74) is 0.970. The van der Waals surface area contributed by atoms with Crippen LogP contribution in [0.1, 0.15) is 44.6 Å². The number of carbonyl (C=O) groups excluding carboxylic acids is 2. The van der Waals surface area contributed by atoms with Gasteiger partial charge in [-0.1, -0.05) is 13.8 Å². The number of nitrogens with zero attached hydrogens (tertiary/aromatic N) is 4. The Kier molecular flexibility index (Phi) is 6.11. The van der Waals surface area contributed by atoms with Crippen molar-refractivity contribution < 1.29 is 9.59 Å². The Bertz CT molecular complexity index is 595. The molecule has 1 aliphatic heterocycles. The summed E-state index contributed by atoms with van der Waals surface area (Å²) in [6.45, 7) is 10.9. The van der Waals surface area contributed by atoms with Gasteiger partial charge >= 0.3 is 0 Å². The van der Waals surface area contributed by atoms with Crippen molar-refractivity contribution in [3.8, 4) is 0 Å². The van der Waals surface area contributed by atoms with Crippen LogP contribution in [-0.4, -0.2) is 59.4 Å². The standard InChI is InChI=1S/C17H27N5O2/c1-12(2)17-19-13(3)11-15(20-17)21-7-9-22(10-8-21)16(24)5-6-18-14(4)23/h11-12H,5-10H2,1-4H3,(H,18,23). The van der Waals surface area contributed by atoms with Crippen LogP contribution in [0.25, 0.3) is 0 Å². The van der Waals surface area contributed by atoms with Crippen LogP contribution in [0.3, 0.4) is 0 Å². The number of anilines is 1. The van der Waals surface area contributed by atoms with Crippen LogP contribution in [0.4, 0.5) is 5.82 Å². The highest BCUT2D eigenvalue weighted by atomic mass is 16.2. The second-order valence-corrected chi connectivity index (χ2v) is 6.48. The second-order valence-electron chi connectivity index (χ2n) is 6.48. The van der Waals surface area contributed by atoms with Crippen molar-refractivity contribution in [1.29, 1.82) is 0 Å². The summed E-state index contributed by atoms with van der Waals surface area (Å²) in [4.78, 5) is 36.2. The quantitative estimate of drug-likeness (QED) is 0.872. The largest absolute Gasteiger partial charge is 0.356 e. The van der Waals surface area contributed by atoms with Crippen molar-refractivity contribution in [3.05, 3.63) is 17.6 Å². The number of carbonyl (C=O) groups is 2. The van der Waals surface area contributed by atoms with Crippen molar-refractivity contribution in [2.45, 2.75) is 40.0 Å². The molecule has 7 nitrogen and oxygen atoms in total. The van der Waals surface area contributed by atoms with E-state index in [1.807, 2.05) is 17.9 Å². The Labute approximate surface area is 143 Å². The molecule has 7 heteroatoms. The van der Waals surface area contributed by atoms with Gasteiger partial charge in [-0.25, -0.2) is 9.97 Å². The van der Waals surface area contributed by atoms with E-state index in [9.17, 15) is 9.59 Å². The second kappa shape index (κ2) is 8.08. The predicted molar refractivity (Wildman–Crippen MR) is 93.0 cm³/mol. The molecule has 2 rings (SSSR count). The molecule has 0 bridgehead atoms. The first kappa shape index (κ1) is 18.2. The maximum Gasteiger partial charge on any atom is 0.224 e. The van der Waals surface area contributed by atoms with Gasteiger partial charge < -0.3 is 15.1 Å².